The molecule has 1 unspecified atom stereocenters. The van der Waals surface area contributed by atoms with Crippen LogP contribution in [0.3, 0.4) is 0 Å². The van der Waals surface area contributed by atoms with Gasteiger partial charge in [0.2, 0.25) is 0 Å². The second kappa shape index (κ2) is 5.74. The molecule has 18 heavy (non-hydrogen) atoms. The molecule has 0 bridgehead atoms. The highest BCUT2D eigenvalue weighted by molar-refractivity contribution is 9.10. The molecule has 0 aromatic heterocycles. The standard InChI is InChI=1S/C14H12BrClO2/c1-18-13-8-10(5-6-12(13)16)14(17)9-3-2-4-11(15)7-9/h2-8,14,17H,1H3. The number of aliphatic hydroxyl groups is 1. The van der Waals surface area contributed by atoms with Crippen LogP contribution in [-0.2, 0) is 0 Å². The van der Waals surface area contributed by atoms with Gasteiger partial charge in [0.05, 0.1) is 12.1 Å². The molecule has 2 rings (SSSR count). The second-order valence-corrected chi connectivity index (χ2v) is 5.17. The van der Waals surface area contributed by atoms with Gasteiger partial charge in [-0.3, -0.25) is 0 Å². The number of benzene rings is 2. The summed E-state index contributed by atoms with van der Waals surface area (Å²) in [6.45, 7) is 0. The van der Waals surface area contributed by atoms with Crippen LogP contribution in [0.2, 0.25) is 5.02 Å². The van der Waals surface area contributed by atoms with E-state index in [0.29, 0.717) is 10.8 Å². The molecule has 0 saturated carbocycles. The Kier molecular flexibility index (Phi) is 4.27. The minimum absolute atomic E-state index is 0.530. The number of hydrogen-bond donors (Lipinski definition) is 1. The van der Waals surface area contributed by atoms with Gasteiger partial charge >= 0.3 is 0 Å². The van der Waals surface area contributed by atoms with Crippen molar-refractivity contribution in [3.8, 4) is 5.75 Å². The van der Waals surface area contributed by atoms with E-state index in [1.165, 1.54) is 0 Å². The van der Waals surface area contributed by atoms with Gasteiger partial charge in [0.1, 0.15) is 11.9 Å². The van der Waals surface area contributed by atoms with Crippen molar-refractivity contribution in [2.75, 3.05) is 7.11 Å². The zero-order valence-electron chi connectivity index (χ0n) is 9.73. The van der Waals surface area contributed by atoms with E-state index < -0.39 is 6.10 Å². The molecular formula is C14H12BrClO2. The van der Waals surface area contributed by atoms with Gasteiger partial charge in [-0.05, 0) is 35.4 Å². The van der Waals surface area contributed by atoms with Gasteiger partial charge in [-0.2, -0.15) is 0 Å². The molecule has 2 nitrogen and oxygen atoms in total. The highest BCUT2D eigenvalue weighted by atomic mass is 79.9. The molecule has 2 aromatic carbocycles. The van der Waals surface area contributed by atoms with E-state index in [1.807, 2.05) is 24.3 Å². The fraction of sp³-hybridized carbons (Fsp3) is 0.143. The van der Waals surface area contributed by atoms with Gasteiger partial charge in [0.25, 0.3) is 0 Å². The Balaban J connectivity index is 2.36. The highest BCUT2D eigenvalue weighted by Crippen LogP contribution is 2.31. The molecule has 0 aliphatic rings. The van der Waals surface area contributed by atoms with Crippen LogP contribution in [0.15, 0.2) is 46.9 Å². The molecule has 0 fully saturated rings. The third kappa shape index (κ3) is 2.86. The number of halogens is 2. The van der Waals surface area contributed by atoms with Crippen molar-refractivity contribution in [2.24, 2.45) is 0 Å². The average molecular weight is 328 g/mol. The molecule has 0 heterocycles. The van der Waals surface area contributed by atoms with Gasteiger partial charge in [0, 0.05) is 4.47 Å². The Labute approximate surface area is 119 Å². The van der Waals surface area contributed by atoms with Crippen molar-refractivity contribution < 1.29 is 9.84 Å². The molecule has 1 atom stereocenters. The maximum Gasteiger partial charge on any atom is 0.137 e. The first kappa shape index (κ1) is 13.4. The van der Waals surface area contributed by atoms with E-state index >= 15 is 0 Å². The van der Waals surface area contributed by atoms with Gasteiger partial charge < -0.3 is 9.84 Å². The highest BCUT2D eigenvalue weighted by Gasteiger charge is 2.12. The predicted octanol–water partition coefficient (Wildman–Crippen LogP) is 4.19. The Morgan fingerprint density at radius 1 is 1.17 bits per heavy atom. The summed E-state index contributed by atoms with van der Waals surface area (Å²) < 4.78 is 6.07. The van der Waals surface area contributed by atoms with Gasteiger partial charge in [-0.15, -0.1) is 0 Å². The average Bonchev–Trinajstić information content (AvgIpc) is 2.38. The molecule has 0 amide bonds. The van der Waals surface area contributed by atoms with Crippen molar-refractivity contribution >= 4 is 27.5 Å². The summed E-state index contributed by atoms with van der Waals surface area (Å²) in [6.07, 6.45) is -0.700. The molecule has 2 aromatic rings. The zero-order chi connectivity index (χ0) is 13.1. The van der Waals surface area contributed by atoms with Gasteiger partial charge in [0.15, 0.2) is 0 Å². The van der Waals surface area contributed by atoms with E-state index in [2.05, 4.69) is 15.9 Å². The number of aliphatic hydroxyl groups excluding tert-OH is 1. The largest absolute Gasteiger partial charge is 0.495 e. The molecule has 4 heteroatoms. The maximum absolute atomic E-state index is 10.3. The van der Waals surface area contributed by atoms with Crippen molar-refractivity contribution in [2.45, 2.75) is 6.10 Å². The third-order valence-electron chi connectivity index (χ3n) is 2.66. The molecule has 0 radical (unpaired) electrons. The Morgan fingerprint density at radius 3 is 2.56 bits per heavy atom. The lowest BCUT2D eigenvalue weighted by atomic mass is 10.0. The quantitative estimate of drug-likeness (QED) is 0.916. The van der Waals surface area contributed by atoms with E-state index in [0.717, 1.165) is 15.6 Å². The van der Waals surface area contributed by atoms with Crippen LogP contribution in [0.1, 0.15) is 17.2 Å². The molecular weight excluding hydrogens is 316 g/mol. The van der Waals surface area contributed by atoms with E-state index in [9.17, 15) is 5.11 Å². The number of methoxy groups -OCH3 is 1. The first-order valence-electron chi connectivity index (χ1n) is 5.39. The Morgan fingerprint density at radius 2 is 1.89 bits per heavy atom. The van der Waals surface area contributed by atoms with Crippen molar-refractivity contribution in [1.29, 1.82) is 0 Å². The minimum atomic E-state index is -0.700. The van der Waals surface area contributed by atoms with E-state index in [-0.39, 0.29) is 0 Å². The van der Waals surface area contributed by atoms with Crippen LogP contribution in [0.5, 0.6) is 5.75 Å². The normalized spacial score (nSPS) is 12.2. The van der Waals surface area contributed by atoms with E-state index in [4.69, 9.17) is 16.3 Å². The van der Waals surface area contributed by atoms with E-state index in [1.54, 1.807) is 25.3 Å². The molecule has 0 aliphatic carbocycles. The fourth-order valence-corrected chi connectivity index (χ4v) is 2.33. The molecule has 1 N–H and O–H groups in total. The number of ether oxygens (including phenoxy) is 1. The molecule has 94 valence electrons. The molecule has 0 spiro atoms. The lowest BCUT2D eigenvalue weighted by Gasteiger charge is -2.13. The van der Waals surface area contributed by atoms with Crippen LogP contribution in [0, 0.1) is 0 Å². The monoisotopic (exact) mass is 326 g/mol. The summed E-state index contributed by atoms with van der Waals surface area (Å²) in [5, 5.41) is 10.8. The van der Waals surface area contributed by atoms with Crippen molar-refractivity contribution in [1.82, 2.24) is 0 Å². The van der Waals surface area contributed by atoms with Crippen LogP contribution in [-0.4, -0.2) is 12.2 Å². The summed E-state index contributed by atoms with van der Waals surface area (Å²) in [5.41, 5.74) is 1.56. The first-order chi connectivity index (χ1) is 8.61. The van der Waals surface area contributed by atoms with Gasteiger partial charge in [-0.25, -0.2) is 0 Å². The Bertz CT molecular complexity index is 557. The summed E-state index contributed by atoms with van der Waals surface area (Å²) in [6, 6.07) is 12.8. The van der Waals surface area contributed by atoms with Crippen molar-refractivity contribution in [3.05, 3.63) is 63.1 Å². The van der Waals surface area contributed by atoms with Gasteiger partial charge in [-0.1, -0.05) is 45.7 Å². The molecule has 0 aliphatic heterocycles. The minimum Gasteiger partial charge on any atom is -0.495 e. The summed E-state index contributed by atoms with van der Waals surface area (Å²) >= 11 is 9.34. The summed E-state index contributed by atoms with van der Waals surface area (Å²) in [5.74, 6) is 0.559. The predicted molar refractivity (Wildman–Crippen MR) is 76.2 cm³/mol. The topological polar surface area (TPSA) is 29.5 Å². The SMILES string of the molecule is COc1cc(C(O)c2cccc(Br)c2)ccc1Cl. The van der Waals surface area contributed by atoms with Crippen LogP contribution >= 0.6 is 27.5 Å². The zero-order valence-corrected chi connectivity index (χ0v) is 12.1. The number of rotatable bonds is 3. The van der Waals surface area contributed by atoms with Crippen LogP contribution in [0.25, 0.3) is 0 Å². The van der Waals surface area contributed by atoms with Crippen LogP contribution in [0.4, 0.5) is 0 Å². The van der Waals surface area contributed by atoms with Crippen molar-refractivity contribution in [3.63, 3.8) is 0 Å². The third-order valence-corrected chi connectivity index (χ3v) is 3.46. The summed E-state index contributed by atoms with van der Waals surface area (Å²) in [4.78, 5) is 0. The number of hydrogen-bond acceptors (Lipinski definition) is 2. The lowest BCUT2D eigenvalue weighted by molar-refractivity contribution is 0.219. The lowest BCUT2D eigenvalue weighted by Crippen LogP contribution is -2.00. The smallest absolute Gasteiger partial charge is 0.137 e. The fourth-order valence-electron chi connectivity index (χ4n) is 1.72. The molecule has 0 saturated heterocycles. The van der Waals surface area contributed by atoms with Crippen LogP contribution < -0.4 is 4.74 Å². The first-order valence-corrected chi connectivity index (χ1v) is 6.56. The second-order valence-electron chi connectivity index (χ2n) is 3.85. The maximum atomic E-state index is 10.3. The Hall–Kier alpha value is -1.03. The summed E-state index contributed by atoms with van der Waals surface area (Å²) in [7, 11) is 1.55.